The average molecular weight is 568 g/mol. The number of nitriles is 1. The van der Waals surface area contributed by atoms with Gasteiger partial charge in [-0.05, 0) is 56.4 Å². The molecule has 3 aliphatic heterocycles. The number of rotatable bonds is 7. The second-order valence-electron chi connectivity index (χ2n) is 11.2. The van der Waals surface area contributed by atoms with Crippen LogP contribution in [-0.4, -0.2) is 91.2 Å². The molecule has 0 N–H and O–H groups in total. The van der Waals surface area contributed by atoms with Crippen molar-refractivity contribution < 1.29 is 14.3 Å². The fourth-order valence-corrected chi connectivity index (χ4v) is 6.45. The summed E-state index contributed by atoms with van der Waals surface area (Å²) in [6.07, 6.45) is 4.26. The first-order valence-corrected chi connectivity index (χ1v) is 14.6. The molecule has 3 aromatic rings. The minimum Gasteiger partial charge on any atom is -0.496 e. The number of benzene rings is 2. The quantitative estimate of drug-likeness (QED) is 0.398. The second-order valence-corrected chi connectivity index (χ2v) is 11.2. The van der Waals surface area contributed by atoms with Crippen molar-refractivity contribution >= 4 is 28.2 Å². The van der Waals surface area contributed by atoms with Crippen LogP contribution in [0.1, 0.15) is 24.1 Å². The molecule has 0 unspecified atom stereocenters. The minimum atomic E-state index is -0.532. The van der Waals surface area contributed by atoms with Crippen LogP contribution in [0.4, 0.5) is 11.5 Å². The number of amides is 1. The van der Waals surface area contributed by atoms with Crippen molar-refractivity contribution in [3.05, 3.63) is 60.3 Å². The smallest absolute Gasteiger partial charge is 0.318 e. The van der Waals surface area contributed by atoms with Crippen LogP contribution in [0.2, 0.25) is 0 Å². The molecule has 10 heteroatoms. The SMILES string of the molecule is C=CC(=O)N1CCN(c2nc(OC[C@@H]3CCCN3C)nc3c2CCN(c2cccc4cccc(OC)c24)C3)[C@@H](C#N)C1. The predicted molar refractivity (Wildman–Crippen MR) is 162 cm³/mol. The van der Waals surface area contributed by atoms with E-state index >= 15 is 0 Å². The largest absolute Gasteiger partial charge is 0.496 e. The number of likely N-dealkylation sites (N-methyl/N-ethyl adjacent to an activating group) is 1. The van der Waals surface area contributed by atoms with Crippen LogP contribution in [0.15, 0.2) is 49.1 Å². The summed E-state index contributed by atoms with van der Waals surface area (Å²) in [5.41, 5.74) is 3.03. The number of ether oxygens (including phenoxy) is 2. The first-order valence-electron chi connectivity index (χ1n) is 14.6. The number of carbonyl (C=O) groups is 1. The number of piperazine rings is 1. The van der Waals surface area contributed by atoms with E-state index in [0.717, 1.165) is 65.2 Å². The lowest BCUT2D eigenvalue weighted by molar-refractivity contribution is -0.126. The maximum atomic E-state index is 12.3. The summed E-state index contributed by atoms with van der Waals surface area (Å²) in [7, 11) is 3.83. The normalized spacial score (nSPS) is 20.7. The Morgan fingerprint density at radius 2 is 2.00 bits per heavy atom. The van der Waals surface area contributed by atoms with Gasteiger partial charge in [0, 0.05) is 42.3 Å². The van der Waals surface area contributed by atoms with Crippen LogP contribution in [0.25, 0.3) is 10.8 Å². The van der Waals surface area contributed by atoms with E-state index in [2.05, 4.69) is 53.8 Å². The Bertz CT molecular complexity index is 1530. The second kappa shape index (κ2) is 11.9. The first kappa shape index (κ1) is 27.8. The van der Waals surface area contributed by atoms with Crippen LogP contribution in [0.5, 0.6) is 11.8 Å². The average Bonchev–Trinajstić information content (AvgIpc) is 3.45. The Kier molecular flexibility index (Phi) is 7.85. The van der Waals surface area contributed by atoms with Crippen LogP contribution >= 0.6 is 0 Å². The van der Waals surface area contributed by atoms with Gasteiger partial charge in [-0.3, -0.25) is 4.79 Å². The van der Waals surface area contributed by atoms with E-state index in [1.165, 1.54) is 6.08 Å². The van der Waals surface area contributed by atoms with E-state index in [0.29, 0.717) is 51.3 Å². The fraction of sp³-hybridized carbons (Fsp3) is 0.438. The van der Waals surface area contributed by atoms with Gasteiger partial charge in [0.1, 0.15) is 24.2 Å². The van der Waals surface area contributed by atoms with Gasteiger partial charge >= 0.3 is 6.01 Å². The van der Waals surface area contributed by atoms with Crippen molar-refractivity contribution in [2.45, 2.75) is 37.9 Å². The maximum Gasteiger partial charge on any atom is 0.318 e. The van der Waals surface area contributed by atoms with Gasteiger partial charge < -0.3 is 29.1 Å². The molecule has 1 amide bonds. The van der Waals surface area contributed by atoms with E-state index < -0.39 is 6.04 Å². The molecule has 0 radical (unpaired) electrons. The zero-order valence-corrected chi connectivity index (χ0v) is 24.3. The van der Waals surface area contributed by atoms with Crippen LogP contribution in [-0.2, 0) is 17.8 Å². The zero-order chi connectivity index (χ0) is 29.2. The Morgan fingerprint density at radius 1 is 1.17 bits per heavy atom. The molecule has 2 aromatic carbocycles. The number of hydrogen-bond donors (Lipinski definition) is 0. The van der Waals surface area contributed by atoms with Gasteiger partial charge in [0.2, 0.25) is 5.91 Å². The number of fused-ring (bicyclic) bond motifs is 2. The molecule has 2 saturated heterocycles. The van der Waals surface area contributed by atoms with Gasteiger partial charge in [-0.2, -0.15) is 15.2 Å². The summed E-state index contributed by atoms with van der Waals surface area (Å²) < 4.78 is 12.0. The molecular weight excluding hydrogens is 530 g/mol. The lowest BCUT2D eigenvalue weighted by atomic mass is 10.0. The molecule has 2 atom stereocenters. The van der Waals surface area contributed by atoms with Gasteiger partial charge in [-0.15, -0.1) is 0 Å². The standard InChI is InChI=1S/C32H37N7O3/c1-4-29(40)38-16-17-39(24(18-33)19-38)31-25-13-15-37(27-11-5-8-22-9-6-12-28(41-3)30(22)27)20-26(25)34-32(35-31)42-21-23-10-7-14-36(23)2/h4-6,8-9,11-12,23-24H,1,7,10,13-17,19-21H2,2-3H3/t23-,24-/m0/s1. The molecule has 3 aliphatic rings. The lowest BCUT2D eigenvalue weighted by Gasteiger charge is -2.40. The number of carbonyl (C=O) groups excluding carboxylic acids is 1. The molecule has 1 aromatic heterocycles. The van der Waals surface area contributed by atoms with Crippen LogP contribution in [0, 0.1) is 11.3 Å². The number of anilines is 2. The molecule has 10 nitrogen and oxygen atoms in total. The highest BCUT2D eigenvalue weighted by molar-refractivity contribution is 5.99. The Balaban J connectivity index is 1.36. The zero-order valence-electron chi connectivity index (χ0n) is 24.3. The number of methoxy groups -OCH3 is 1. The van der Waals surface area contributed by atoms with Gasteiger partial charge in [0.25, 0.3) is 0 Å². The highest BCUT2D eigenvalue weighted by Crippen LogP contribution is 2.38. The highest BCUT2D eigenvalue weighted by atomic mass is 16.5. The summed E-state index contributed by atoms with van der Waals surface area (Å²) in [5.74, 6) is 1.42. The number of aromatic nitrogens is 2. The summed E-state index contributed by atoms with van der Waals surface area (Å²) in [6, 6.07) is 14.9. The van der Waals surface area contributed by atoms with Crippen LogP contribution < -0.4 is 19.3 Å². The summed E-state index contributed by atoms with van der Waals surface area (Å²) in [5, 5.41) is 12.3. The molecule has 0 saturated carbocycles. The van der Waals surface area contributed by atoms with E-state index in [1.807, 2.05) is 17.0 Å². The van der Waals surface area contributed by atoms with Crippen LogP contribution in [0.3, 0.4) is 0 Å². The van der Waals surface area contributed by atoms with E-state index in [4.69, 9.17) is 19.4 Å². The van der Waals surface area contributed by atoms with Gasteiger partial charge in [-0.25, -0.2) is 0 Å². The minimum absolute atomic E-state index is 0.162. The van der Waals surface area contributed by atoms with Crippen molar-refractivity contribution in [1.29, 1.82) is 5.26 Å². The van der Waals surface area contributed by atoms with E-state index in [-0.39, 0.29) is 5.91 Å². The third kappa shape index (κ3) is 5.21. The van der Waals surface area contributed by atoms with Crippen molar-refractivity contribution in [1.82, 2.24) is 19.8 Å². The monoisotopic (exact) mass is 567 g/mol. The molecule has 4 heterocycles. The third-order valence-corrected chi connectivity index (χ3v) is 8.79. The predicted octanol–water partition coefficient (Wildman–Crippen LogP) is 3.40. The van der Waals surface area contributed by atoms with Gasteiger partial charge in [-0.1, -0.05) is 30.8 Å². The molecule has 0 spiro atoms. The van der Waals surface area contributed by atoms with Gasteiger partial charge in [0.15, 0.2) is 0 Å². The van der Waals surface area contributed by atoms with E-state index in [9.17, 15) is 10.1 Å². The molecule has 2 fully saturated rings. The Hall–Kier alpha value is -4.36. The maximum absolute atomic E-state index is 12.3. The summed E-state index contributed by atoms with van der Waals surface area (Å²) >= 11 is 0. The molecule has 218 valence electrons. The van der Waals surface area contributed by atoms with Crippen molar-refractivity contribution in [2.24, 2.45) is 0 Å². The summed E-state index contributed by atoms with van der Waals surface area (Å²) in [4.78, 5) is 30.5. The Morgan fingerprint density at radius 3 is 2.74 bits per heavy atom. The molecule has 42 heavy (non-hydrogen) atoms. The molecule has 6 rings (SSSR count). The highest BCUT2D eigenvalue weighted by Gasteiger charge is 2.34. The summed E-state index contributed by atoms with van der Waals surface area (Å²) in [6.45, 7) is 7.82. The van der Waals surface area contributed by atoms with Crippen molar-refractivity contribution in [3.63, 3.8) is 0 Å². The van der Waals surface area contributed by atoms with Gasteiger partial charge in [0.05, 0.1) is 32.0 Å². The first-order chi connectivity index (χ1) is 20.5. The fourth-order valence-electron chi connectivity index (χ4n) is 6.45. The Labute approximate surface area is 246 Å². The number of likely N-dealkylation sites (tertiary alicyclic amines) is 1. The molecule has 0 bridgehead atoms. The number of hydrogen-bond acceptors (Lipinski definition) is 9. The topological polar surface area (TPSA) is 98.1 Å². The van der Waals surface area contributed by atoms with Crippen molar-refractivity contribution in [3.8, 4) is 17.8 Å². The molecule has 0 aliphatic carbocycles. The lowest BCUT2D eigenvalue weighted by Crippen LogP contribution is -2.54. The molecular formula is C32H37N7O3. The van der Waals surface area contributed by atoms with Crippen molar-refractivity contribution in [2.75, 3.05) is 63.3 Å². The third-order valence-electron chi connectivity index (χ3n) is 8.79. The van der Waals surface area contributed by atoms with E-state index in [1.54, 1.807) is 12.0 Å². The number of nitrogens with zero attached hydrogens (tertiary/aromatic N) is 7.